The predicted octanol–water partition coefficient (Wildman–Crippen LogP) is 5.50. The average molecular weight is 453 g/mol. The molecular formula is C28H36O5. The van der Waals surface area contributed by atoms with Crippen molar-refractivity contribution in [3.05, 3.63) is 36.3 Å². The number of fused-ring (bicyclic) bond motifs is 5. The highest BCUT2D eigenvalue weighted by Crippen LogP contribution is 2.73. The minimum absolute atomic E-state index is 0.0513. The van der Waals surface area contributed by atoms with Crippen molar-refractivity contribution in [3.63, 3.8) is 0 Å². The van der Waals surface area contributed by atoms with Crippen molar-refractivity contribution >= 4 is 17.5 Å². The Bertz CT molecular complexity index is 1030. The molecule has 8 atom stereocenters. The van der Waals surface area contributed by atoms with Gasteiger partial charge in [0.25, 0.3) is 0 Å². The highest BCUT2D eigenvalue weighted by Gasteiger charge is 2.72. The van der Waals surface area contributed by atoms with Crippen molar-refractivity contribution in [1.82, 2.24) is 0 Å². The van der Waals surface area contributed by atoms with Crippen LogP contribution in [0.25, 0.3) is 0 Å². The summed E-state index contributed by atoms with van der Waals surface area (Å²) in [6, 6.07) is 1.99. The molecule has 0 aliphatic heterocycles. The minimum Gasteiger partial charge on any atom is -0.472 e. The number of carbonyl (C=O) groups is 3. The maximum Gasteiger partial charge on any atom is 0.302 e. The molecule has 178 valence electrons. The van der Waals surface area contributed by atoms with Gasteiger partial charge in [0.2, 0.25) is 0 Å². The van der Waals surface area contributed by atoms with Crippen molar-refractivity contribution in [2.24, 2.45) is 39.4 Å². The summed E-state index contributed by atoms with van der Waals surface area (Å²) in [5.41, 5.74) is -0.414. The number of rotatable bonds is 2. The molecule has 1 aromatic heterocycles. The van der Waals surface area contributed by atoms with Gasteiger partial charge in [-0.25, -0.2) is 0 Å². The van der Waals surface area contributed by atoms with Gasteiger partial charge in [0.1, 0.15) is 11.9 Å². The van der Waals surface area contributed by atoms with Crippen LogP contribution in [-0.2, 0) is 19.1 Å². The van der Waals surface area contributed by atoms with E-state index in [0.29, 0.717) is 12.8 Å². The summed E-state index contributed by atoms with van der Waals surface area (Å²) in [6.07, 6.45) is 9.91. The molecule has 5 nitrogen and oxygen atoms in total. The molecule has 3 saturated carbocycles. The summed E-state index contributed by atoms with van der Waals surface area (Å²) in [6.45, 7) is 12.2. The van der Waals surface area contributed by atoms with E-state index in [-0.39, 0.29) is 52.0 Å². The maximum atomic E-state index is 13.8. The number of ether oxygens (including phenoxy) is 1. The molecule has 0 radical (unpaired) electrons. The monoisotopic (exact) mass is 452 g/mol. The van der Waals surface area contributed by atoms with E-state index in [9.17, 15) is 14.4 Å². The second kappa shape index (κ2) is 6.93. The first kappa shape index (κ1) is 22.6. The molecule has 1 heterocycles. The first-order valence-electron chi connectivity index (χ1n) is 12.3. The molecule has 0 bridgehead atoms. The number of allylic oxidation sites excluding steroid dienone is 2. The van der Waals surface area contributed by atoms with Crippen LogP contribution in [-0.4, -0.2) is 23.6 Å². The quantitative estimate of drug-likeness (QED) is 0.554. The number of ketones is 2. The second-order valence-electron chi connectivity index (χ2n) is 12.3. The molecule has 1 aromatic rings. The highest BCUT2D eigenvalue weighted by molar-refractivity contribution is 5.96. The second-order valence-corrected chi connectivity index (χ2v) is 12.3. The number of hydrogen-bond donors (Lipinski definition) is 0. The molecule has 0 amide bonds. The van der Waals surface area contributed by atoms with E-state index in [1.54, 1.807) is 18.6 Å². The van der Waals surface area contributed by atoms with Gasteiger partial charge in [-0.1, -0.05) is 40.7 Å². The van der Waals surface area contributed by atoms with E-state index in [2.05, 4.69) is 26.8 Å². The third-order valence-electron chi connectivity index (χ3n) is 10.5. The van der Waals surface area contributed by atoms with Crippen molar-refractivity contribution in [2.75, 3.05) is 0 Å². The van der Waals surface area contributed by atoms with Gasteiger partial charge in [-0.3, -0.25) is 14.4 Å². The molecular weight excluding hydrogens is 416 g/mol. The predicted molar refractivity (Wildman–Crippen MR) is 123 cm³/mol. The largest absolute Gasteiger partial charge is 0.472 e. The SMILES string of the molecule is CC(=O)O[C@@H]1C[C@H]2C(C)(C)C(=O)C=C[C@]2(C)[C@H]2CC[C@@]3(C)[C@H](c4ccoc4)CC(=O)[C@@H]3[C@@]21C. The van der Waals surface area contributed by atoms with Crippen LogP contribution in [0.3, 0.4) is 0 Å². The van der Waals surface area contributed by atoms with Gasteiger partial charge in [0.05, 0.1) is 12.5 Å². The van der Waals surface area contributed by atoms with Gasteiger partial charge < -0.3 is 9.15 Å². The molecule has 33 heavy (non-hydrogen) atoms. The summed E-state index contributed by atoms with van der Waals surface area (Å²) in [5, 5.41) is 0. The van der Waals surface area contributed by atoms with Crippen molar-refractivity contribution < 1.29 is 23.5 Å². The van der Waals surface area contributed by atoms with Crippen LogP contribution in [0.2, 0.25) is 0 Å². The Labute approximate surface area is 196 Å². The lowest BCUT2D eigenvalue weighted by atomic mass is 9.37. The first-order chi connectivity index (χ1) is 15.4. The minimum atomic E-state index is -0.539. The lowest BCUT2D eigenvalue weighted by Crippen LogP contribution is -2.67. The van der Waals surface area contributed by atoms with Gasteiger partial charge in [-0.15, -0.1) is 0 Å². The lowest BCUT2D eigenvalue weighted by molar-refractivity contribution is -0.221. The van der Waals surface area contributed by atoms with Crippen LogP contribution in [0.1, 0.15) is 78.7 Å². The van der Waals surface area contributed by atoms with E-state index in [1.165, 1.54) is 6.92 Å². The van der Waals surface area contributed by atoms with Crippen LogP contribution in [0.4, 0.5) is 0 Å². The van der Waals surface area contributed by atoms with Crippen LogP contribution >= 0.6 is 0 Å². The maximum absolute atomic E-state index is 13.8. The van der Waals surface area contributed by atoms with Gasteiger partial charge in [0.15, 0.2) is 5.78 Å². The van der Waals surface area contributed by atoms with E-state index in [0.717, 1.165) is 18.4 Å². The molecule has 0 spiro atoms. The summed E-state index contributed by atoms with van der Waals surface area (Å²) in [5.74, 6) is 0.174. The summed E-state index contributed by atoms with van der Waals surface area (Å²) in [4.78, 5) is 39.0. The number of carbonyl (C=O) groups excluding carboxylic acids is 3. The Morgan fingerprint density at radius 1 is 1.12 bits per heavy atom. The zero-order valence-corrected chi connectivity index (χ0v) is 20.6. The Hall–Kier alpha value is -2.17. The van der Waals surface area contributed by atoms with E-state index in [4.69, 9.17) is 9.15 Å². The van der Waals surface area contributed by atoms with Crippen molar-refractivity contribution in [3.8, 4) is 0 Å². The number of hydrogen-bond acceptors (Lipinski definition) is 5. The average Bonchev–Trinajstić information content (AvgIpc) is 3.33. The summed E-state index contributed by atoms with van der Waals surface area (Å²) >= 11 is 0. The van der Waals surface area contributed by atoms with Gasteiger partial charge >= 0.3 is 5.97 Å². The van der Waals surface area contributed by atoms with E-state index >= 15 is 0 Å². The Kier molecular flexibility index (Phi) is 4.75. The zero-order valence-electron chi connectivity index (χ0n) is 20.6. The molecule has 0 N–H and O–H groups in total. The van der Waals surface area contributed by atoms with Crippen LogP contribution in [0.5, 0.6) is 0 Å². The third-order valence-corrected chi connectivity index (χ3v) is 10.5. The normalized spacial score (nSPS) is 45.8. The molecule has 4 aliphatic carbocycles. The molecule has 0 unspecified atom stereocenters. The number of esters is 1. The van der Waals surface area contributed by atoms with Crippen molar-refractivity contribution in [1.29, 1.82) is 0 Å². The molecule has 5 rings (SSSR count). The van der Waals surface area contributed by atoms with E-state index in [1.807, 2.05) is 19.9 Å². The van der Waals surface area contributed by atoms with Crippen molar-refractivity contribution in [2.45, 2.75) is 79.2 Å². The topological polar surface area (TPSA) is 73.6 Å². The molecule has 0 saturated heterocycles. The Balaban J connectivity index is 1.67. The fraction of sp³-hybridized carbons (Fsp3) is 0.679. The van der Waals surface area contributed by atoms with Crippen LogP contribution in [0.15, 0.2) is 35.2 Å². The van der Waals surface area contributed by atoms with Crippen LogP contribution in [0, 0.1) is 39.4 Å². The third kappa shape index (κ3) is 2.80. The van der Waals surface area contributed by atoms with Crippen LogP contribution < -0.4 is 0 Å². The lowest BCUT2D eigenvalue weighted by Gasteiger charge is -2.67. The number of furan rings is 1. The fourth-order valence-corrected chi connectivity index (χ4v) is 9.11. The first-order valence-corrected chi connectivity index (χ1v) is 12.3. The zero-order chi connectivity index (χ0) is 24.0. The number of Topliss-reactive ketones (excluding diaryl/α,β-unsaturated/α-hetero) is 1. The smallest absolute Gasteiger partial charge is 0.302 e. The van der Waals surface area contributed by atoms with Gasteiger partial charge in [-0.2, -0.15) is 0 Å². The van der Waals surface area contributed by atoms with Gasteiger partial charge in [-0.05, 0) is 65.6 Å². The fourth-order valence-electron chi connectivity index (χ4n) is 9.11. The summed E-state index contributed by atoms with van der Waals surface area (Å²) in [7, 11) is 0. The van der Waals surface area contributed by atoms with Gasteiger partial charge in [0, 0.05) is 30.1 Å². The Morgan fingerprint density at radius 2 is 1.85 bits per heavy atom. The molecule has 4 aliphatic rings. The summed E-state index contributed by atoms with van der Waals surface area (Å²) < 4.78 is 11.5. The molecule has 5 heteroatoms. The Morgan fingerprint density at radius 3 is 2.48 bits per heavy atom. The standard InChI is InChI=1S/C28H36O5/c1-16(29)33-23-14-21-25(2,3)22(31)8-11-27(21,5)20-7-10-26(4)18(17-9-12-32-15-17)13-19(30)24(26)28(20,23)6/h8-9,11-12,15,18,20-21,23-24H,7,10,13-14H2,1-6H3/t18-,20+,21-,23+,24-,26-,27+,28-/m0/s1. The molecule has 0 aromatic carbocycles. The highest BCUT2D eigenvalue weighted by atomic mass is 16.5. The molecule has 3 fully saturated rings. The van der Waals surface area contributed by atoms with E-state index < -0.39 is 16.9 Å².